The molecule has 0 amide bonds. The Labute approximate surface area is 191 Å². The van der Waals surface area contributed by atoms with E-state index in [1.165, 1.54) is 25.6 Å². The lowest BCUT2D eigenvalue weighted by molar-refractivity contribution is 0.182. The van der Waals surface area contributed by atoms with Gasteiger partial charge in [-0.05, 0) is 32.0 Å². The van der Waals surface area contributed by atoms with E-state index in [1.807, 2.05) is 0 Å². The zero-order chi connectivity index (χ0) is 23.5. The molecule has 2 heterocycles. The van der Waals surface area contributed by atoms with Gasteiger partial charge in [0.15, 0.2) is 11.9 Å². The second kappa shape index (κ2) is 9.33. The third-order valence-corrected chi connectivity index (χ3v) is 5.16. The van der Waals surface area contributed by atoms with Crippen LogP contribution in [0.25, 0.3) is 10.9 Å². The first-order chi connectivity index (χ1) is 15.8. The van der Waals surface area contributed by atoms with Crippen LogP contribution in [-0.4, -0.2) is 28.1 Å². The molecule has 0 fully saturated rings. The van der Waals surface area contributed by atoms with Crippen molar-refractivity contribution in [3.05, 3.63) is 60.0 Å². The molecule has 0 bridgehead atoms. The Morgan fingerprint density at radius 2 is 2.00 bits per heavy atom. The Morgan fingerprint density at radius 3 is 2.70 bits per heavy atom. The Bertz CT molecular complexity index is 1380. The second-order valence-electron chi connectivity index (χ2n) is 7.14. The van der Waals surface area contributed by atoms with Crippen molar-refractivity contribution in [3.8, 4) is 11.5 Å². The number of benzene rings is 2. The van der Waals surface area contributed by atoms with Gasteiger partial charge >= 0.3 is 0 Å². The van der Waals surface area contributed by atoms with Crippen molar-refractivity contribution in [1.82, 2.24) is 15.1 Å². The smallest absolute Gasteiger partial charge is 0.177 e. The minimum atomic E-state index is -1.51. The predicted molar refractivity (Wildman–Crippen MR) is 125 cm³/mol. The van der Waals surface area contributed by atoms with Crippen molar-refractivity contribution in [2.24, 2.45) is 0 Å². The highest BCUT2D eigenvalue weighted by atomic mass is 32.2. The van der Waals surface area contributed by atoms with Gasteiger partial charge < -0.3 is 28.2 Å². The number of aromatic nitrogens is 3. The highest BCUT2D eigenvalue weighted by Gasteiger charge is 2.18. The van der Waals surface area contributed by atoms with Gasteiger partial charge in [-0.3, -0.25) is 0 Å². The van der Waals surface area contributed by atoms with Crippen LogP contribution in [0.3, 0.4) is 0 Å². The first-order valence-corrected chi connectivity index (χ1v) is 11.1. The first kappa shape index (κ1) is 22.3. The van der Waals surface area contributed by atoms with Crippen LogP contribution in [0, 0.1) is 12.7 Å². The summed E-state index contributed by atoms with van der Waals surface area (Å²) in [4.78, 5) is 8.62. The normalized spacial score (nSPS) is 12.0. The third kappa shape index (κ3) is 4.98. The lowest BCUT2D eigenvalue weighted by Gasteiger charge is -2.18. The number of methoxy groups -OCH3 is 1. The van der Waals surface area contributed by atoms with E-state index in [2.05, 4.69) is 31.0 Å². The van der Waals surface area contributed by atoms with Crippen LogP contribution in [0.1, 0.15) is 24.5 Å². The van der Waals surface area contributed by atoms with Crippen molar-refractivity contribution in [2.45, 2.75) is 20.0 Å². The predicted octanol–water partition coefficient (Wildman–Crippen LogP) is 4.68. The number of halogens is 1. The lowest BCUT2D eigenvalue weighted by Crippen LogP contribution is -2.06. The number of hydrogen-bond acceptors (Lipinski definition) is 9. The summed E-state index contributed by atoms with van der Waals surface area (Å²) in [5.41, 5.74) is 2.26. The summed E-state index contributed by atoms with van der Waals surface area (Å²) in [6, 6.07) is 9.25. The number of rotatable bonds is 8. The standard InChI is InChI=1S/C22H21FN5O4S/c1-12-7-18(32-27-12)13(2)31-19-8-14(23)5-6-16(19)26-22-21-17(24-11-25-22)9-15(28-33(4)29)10-20(21)30-3/h5-11,13H,4H2,1-3H3,(H,28,29)(H,24,25,26)/q-1. The van der Waals surface area contributed by atoms with Gasteiger partial charge in [0.2, 0.25) is 0 Å². The zero-order valence-corrected chi connectivity index (χ0v) is 18.9. The Morgan fingerprint density at radius 1 is 1.18 bits per heavy atom. The summed E-state index contributed by atoms with van der Waals surface area (Å²) in [6.07, 6.45) is 0.862. The number of fused-ring (bicyclic) bond motifs is 1. The van der Waals surface area contributed by atoms with E-state index in [0.29, 0.717) is 45.3 Å². The molecule has 1 unspecified atom stereocenters. The van der Waals surface area contributed by atoms with Crippen LogP contribution in [0.15, 0.2) is 47.2 Å². The molecule has 2 aromatic carbocycles. The molecule has 0 saturated heterocycles. The van der Waals surface area contributed by atoms with Crippen LogP contribution < -0.4 is 19.5 Å². The monoisotopic (exact) mass is 470 g/mol. The summed E-state index contributed by atoms with van der Waals surface area (Å²) in [6.45, 7) is 3.58. The van der Waals surface area contributed by atoms with Crippen LogP contribution in [-0.2, 0) is 14.8 Å². The maximum Gasteiger partial charge on any atom is 0.177 e. The van der Waals surface area contributed by atoms with E-state index in [9.17, 15) is 8.60 Å². The SMILES string of the molecule is C=[S-](=O)Nc1cc(OC)c2c(Nc3ccc(F)cc3OC(C)c3cc(C)no3)ncnc2c1. The van der Waals surface area contributed by atoms with Gasteiger partial charge in [-0.15, -0.1) is 0 Å². The molecule has 0 radical (unpaired) electrons. The van der Waals surface area contributed by atoms with Crippen LogP contribution in [0.4, 0.5) is 21.6 Å². The molecule has 4 rings (SSSR count). The molecule has 172 valence electrons. The number of nitrogens with zero attached hydrogens (tertiary/aromatic N) is 3. The molecule has 2 aromatic heterocycles. The van der Waals surface area contributed by atoms with Crippen LogP contribution in [0.5, 0.6) is 11.5 Å². The molecule has 0 aliphatic rings. The van der Waals surface area contributed by atoms with Gasteiger partial charge in [0.1, 0.15) is 29.5 Å². The van der Waals surface area contributed by atoms with Crippen molar-refractivity contribution >= 4 is 44.5 Å². The van der Waals surface area contributed by atoms with Crippen molar-refractivity contribution < 1.29 is 22.6 Å². The molecule has 2 N–H and O–H groups in total. The molecule has 0 spiro atoms. The number of nitrogens with one attached hydrogen (secondary N) is 2. The fourth-order valence-corrected chi connectivity index (χ4v) is 3.63. The fraction of sp³-hybridized carbons (Fsp3) is 0.182. The van der Waals surface area contributed by atoms with Crippen molar-refractivity contribution in [2.75, 3.05) is 17.1 Å². The van der Waals surface area contributed by atoms with E-state index in [1.54, 1.807) is 38.1 Å². The van der Waals surface area contributed by atoms with E-state index < -0.39 is 22.5 Å². The zero-order valence-electron chi connectivity index (χ0n) is 18.1. The summed E-state index contributed by atoms with van der Waals surface area (Å²) in [7, 11) is -0.00696. The van der Waals surface area contributed by atoms with Crippen molar-refractivity contribution in [1.29, 1.82) is 0 Å². The van der Waals surface area contributed by atoms with Gasteiger partial charge in [0.25, 0.3) is 0 Å². The molecule has 0 aliphatic heterocycles. The summed E-state index contributed by atoms with van der Waals surface area (Å²) < 4.78 is 45.0. The largest absolute Gasteiger partial charge is 0.496 e. The van der Waals surface area contributed by atoms with Crippen molar-refractivity contribution in [3.63, 3.8) is 0 Å². The highest BCUT2D eigenvalue weighted by molar-refractivity contribution is 7.83. The summed E-state index contributed by atoms with van der Waals surface area (Å²) in [5, 5.41) is 7.62. The Balaban J connectivity index is 1.72. The maximum absolute atomic E-state index is 14.0. The molecular formula is C22H21FN5O4S-. The number of hydrogen-bond donors (Lipinski definition) is 2. The second-order valence-corrected chi connectivity index (χ2v) is 8.03. The molecule has 0 aliphatic carbocycles. The number of aryl methyl sites for hydroxylation is 1. The van der Waals surface area contributed by atoms with E-state index >= 15 is 0 Å². The molecule has 11 heteroatoms. The number of ether oxygens (including phenoxy) is 2. The molecule has 9 nitrogen and oxygen atoms in total. The van der Waals surface area contributed by atoms with E-state index in [-0.39, 0.29) is 5.75 Å². The molecule has 4 aromatic rings. The Kier molecular flexibility index (Phi) is 6.31. The minimum absolute atomic E-state index is 0.257. The van der Waals surface area contributed by atoms with Gasteiger partial charge in [-0.1, -0.05) is 5.16 Å². The third-order valence-electron chi connectivity index (χ3n) is 4.70. The lowest BCUT2D eigenvalue weighted by atomic mass is 10.2. The maximum atomic E-state index is 14.0. The summed E-state index contributed by atoms with van der Waals surface area (Å²) in [5.74, 6) is 4.60. The van der Waals surface area contributed by atoms with E-state index in [4.69, 9.17) is 14.0 Å². The van der Waals surface area contributed by atoms with Gasteiger partial charge in [0.05, 0.1) is 29.4 Å². The Hall–Kier alpha value is -3.86. The minimum Gasteiger partial charge on any atom is -0.496 e. The average molecular weight is 471 g/mol. The van der Waals surface area contributed by atoms with Gasteiger partial charge in [-0.25, -0.2) is 14.4 Å². The van der Waals surface area contributed by atoms with Crippen LogP contribution >= 0.6 is 0 Å². The molecule has 33 heavy (non-hydrogen) atoms. The van der Waals surface area contributed by atoms with Gasteiger partial charge in [-0.2, -0.15) is 16.4 Å². The molecule has 1 atom stereocenters. The molecule has 0 saturated carbocycles. The molecular weight excluding hydrogens is 449 g/mol. The quantitative estimate of drug-likeness (QED) is 0.282. The first-order valence-electron chi connectivity index (χ1n) is 9.81. The van der Waals surface area contributed by atoms with Crippen LogP contribution in [0.2, 0.25) is 0 Å². The highest BCUT2D eigenvalue weighted by Crippen LogP contribution is 2.37. The van der Waals surface area contributed by atoms with Gasteiger partial charge in [0, 0.05) is 23.9 Å². The van der Waals surface area contributed by atoms with E-state index in [0.717, 1.165) is 0 Å². The summed E-state index contributed by atoms with van der Waals surface area (Å²) >= 11 is 0. The topological polar surface area (TPSA) is 111 Å². The number of anilines is 3. The fourth-order valence-electron chi connectivity index (χ4n) is 3.25. The average Bonchev–Trinajstić information content (AvgIpc) is 3.21.